The highest BCUT2D eigenvalue weighted by atomic mass is 32.2. The van der Waals surface area contributed by atoms with E-state index in [0.29, 0.717) is 5.13 Å². The van der Waals surface area contributed by atoms with Gasteiger partial charge in [-0.25, -0.2) is 9.97 Å². The van der Waals surface area contributed by atoms with Crippen molar-refractivity contribution in [2.24, 2.45) is 0 Å². The molecule has 0 amide bonds. The van der Waals surface area contributed by atoms with Crippen LogP contribution in [0.25, 0.3) is 0 Å². The fourth-order valence-electron chi connectivity index (χ4n) is 1.01. The zero-order valence-electron chi connectivity index (χ0n) is 7.46. The Labute approximate surface area is 90.2 Å². The maximum absolute atomic E-state index is 5.52. The van der Waals surface area contributed by atoms with Gasteiger partial charge in [0.15, 0.2) is 5.13 Å². The standard InChI is InChI=1S/C8H10N4S2/c9-8-11-5-7(14-8)13-4-3-12-2-1-10-6-12/h1-2,5-6H,3-4H2,(H2,9,11). The van der Waals surface area contributed by atoms with Gasteiger partial charge in [-0.05, 0) is 0 Å². The fourth-order valence-corrected chi connectivity index (χ4v) is 2.80. The topological polar surface area (TPSA) is 56.7 Å². The van der Waals surface area contributed by atoms with E-state index < -0.39 is 0 Å². The Morgan fingerprint density at radius 2 is 2.50 bits per heavy atom. The fraction of sp³-hybridized carbons (Fsp3) is 0.250. The van der Waals surface area contributed by atoms with Crippen molar-refractivity contribution in [3.63, 3.8) is 0 Å². The molecule has 0 bridgehead atoms. The van der Waals surface area contributed by atoms with Crippen molar-refractivity contribution < 1.29 is 0 Å². The van der Waals surface area contributed by atoms with E-state index in [0.717, 1.165) is 12.3 Å². The third kappa shape index (κ3) is 2.49. The van der Waals surface area contributed by atoms with Gasteiger partial charge in [0.25, 0.3) is 0 Å². The zero-order valence-corrected chi connectivity index (χ0v) is 9.09. The van der Waals surface area contributed by atoms with E-state index in [9.17, 15) is 0 Å². The van der Waals surface area contributed by atoms with Crippen molar-refractivity contribution in [1.82, 2.24) is 14.5 Å². The lowest BCUT2D eigenvalue weighted by molar-refractivity contribution is 0.770. The van der Waals surface area contributed by atoms with Crippen LogP contribution in [0, 0.1) is 0 Å². The first kappa shape index (κ1) is 9.54. The van der Waals surface area contributed by atoms with Crippen LogP contribution in [-0.4, -0.2) is 20.3 Å². The Morgan fingerprint density at radius 1 is 1.57 bits per heavy atom. The van der Waals surface area contributed by atoms with Crippen LogP contribution in [0.2, 0.25) is 0 Å². The maximum Gasteiger partial charge on any atom is 0.181 e. The second-order valence-electron chi connectivity index (χ2n) is 2.67. The van der Waals surface area contributed by atoms with Crippen molar-refractivity contribution >= 4 is 28.2 Å². The van der Waals surface area contributed by atoms with Crippen LogP contribution in [0.4, 0.5) is 5.13 Å². The average molecular weight is 226 g/mol. The molecule has 0 aliphatic rings. The van der Waals surface area contributed by atoms with Crippen LogP contribution < -0.4 is 5.73 Å². The summed E-state index contributed by atoms with van der Waals surface area (Å²) in [5, 5.41) is 0.634. The number of thiazole rings is 1. The molecule has 2 rings (SSSR count). The van der Waals surface area contributed by atoms with Crippen molar-refractivity contribution in [1.29, 1.82) is 0 Å². The van der Waals surface area contributed by atoms with Gasteiger partial charge in [-0.15, -0.1) is 11.8 Å². The zero-order chi connectivity index (χ0) is 9.80. The summed E-state index contributed by atoms with van der Waals surface area (Å²) in [6, 6.07) is 0. The first-order valence-electron chi connectivity index (χ1n) is 4.14. The Bertz CT molecular complexity index is 382. The third-order valence-electron chi connectivity index (χ3n) is 1.66. The molecular formula is C8H10N4S2. The normalized spacial score (nSPS) is 10.6. The van der Waals surface area contributed by atoms with Crippen molar-refractivity contribution in [3.8, 4) is 0 Å². The molecule has 2 aromatic heterocycles. The molecule has 14 heavy (non-hydrogen) atoms. The number of hydrogen-bond donors (Lipinski definition) is 1. The summed E-state index contributed by atoms with van der Waals surface area (Å²) in [6.45, 7) is 0.961. The summed E-state index contributed by atoms with van der Waals surface area (Å²) in [5.41, 5.74) is 5.52. The largest absolute Gasteiger partial charge is 0.375 e. The van der Waals surface area contributed by atoms with Crippen molar-refractivity contribution in [2.75, 3.05) is 11.5 Å². The van der Waals surface area contributed by atoms with E-state index in [-0.39, 0.29) is 0 Å². The van der Waals surface area contributed by atoms with E-state index in [1.807, 2.05) is 18.7 Å². The van der Waals surface area contributed by atoms with Crippen LogP contribution >= 0.6 is 23.1 Å². The van der Waals surface area contributed by atoms with Gasteiger partial charge in [-0.2, -0.15) is 0 Å². The molecule has 4 nitrogen and oxygen atoms in total. The minimum atomic E-state index is 0.634. The molecule has 0 spiro atoms. The molecule has 0 unspecified atom stereocenters. The highest BCUT2D eigenvalue weighted by Gasteiger charge is 1.98. The summed E-state index contributed by atoms with van der Waals surface area (Å²) in [4.78, 5) is 7.96. The number of hydrogen-bond acceptors (Lipinski definition) is 5. The predicted molar refractivity (Wildman–Crippen MR) is 59.5 cm³/mol. The lowest BCUT2D eigenvalue weighted by atomic mass is 10.7. The second-order valence-corrected chi connectivity index (χ2v) is 5.12. The molecule has 6 heteroatoms. The molecule has 0 aliphatic carbocycles. The van der Waals surface area contributed by atoms with E-state index in [1.165, 1.54) is 15.5 Å². The monoisotopic (exact) mass is 226 g/mol. The molecule has 2 N–H and O–H groups in total. The van der Waals surface area contributed by atoms with E-state index >= 15 is 0 Å². The van der Waals surface area contributed by atoms with Crippen LogP contribution in [-0.2, 0) is 6.54 Å². The van der Waals surface area contributed by atoms with E-state index in [1.54, 1.807) is 18.0 Å². The molecule has 0 saturated carbocycles. The molecule has 0 fully saturated rings. The van der Waals surface area contributed by atoms with Crippen LogP contribution in [0.15, 0.2) is 29.1 Å². The Hall–Kier alpha value is -1.01. The number of aryl methyl sites for hydroxylation is 1. The molecule has 0 radical (unpaired) electrons. The molecule has 0 aromatic carbocycles. The minimum Gasteiger partial charge on any atom is -0.375 e. The first-order chi connectivity index (χ1) is 6.84. The first-order valence-corrected chi connectivity index (χ1v) is 5.94. The summed E-state index contributed by atoms with van der Waals surface area (Å²) in [6.07, 6.45) is 7.39. The minimum absolute atomic E-state index is 0.634. The summed E-state index contributed by atoms with van der Waals surface area (Å²) in [7, 11) is 0. The second kappa shape index (κ2) is 4.47. The Balaban J connectivity index is 1.78. The van der Waals surface area contributed by atoms with Gasteiger partial charge < -0.3 is 10.3 Å². The molecule has 2 aromatic rings. The third-order valence-corrected chi connectivity index (χ3v) is 3.66. The number of nitrogens with zero attached hydrogens (tertiary/aromatic N) is 3. The highest BCUT2D eigenvalue weighted by molar-refractivity contribution is 8.01. The van der Waals surface area contributed by atoms with Gasteiger partial charge in [0.2, 0.25) is 0 Å². The molecule has 74 valence electrons. The number of anilines is 1. The maximum atomic E-state index is 5.52. The van der Waals surface area contributed by atoms with Gasteiger partial charge in [0.05, 0.1) is 16.7 Å². The molecule has 2 heterocycles. The SMILES string of the molecule is Nc1ncc(SCCn2ccnc2)s1. The quantitative estimate of drug-likeness (QED) is 0.806. The lowest BCUT2D eigenvalue weighted by Gasteiger charge is -1.99. The van der Waals surface area contributed by atoms with Gasteiger partial charge in [0, 0.05) is 24.7 Å². The number of nitrogen functional groups attached to an aromatic ring is 1. The van der Waals surface area contributed by atoms with Crippen molar-refractivity contribution in [2.45, 2.75) is 10.8 Å². The number of nitrogens with two attached hydrogens (primary N) is 1. The number of thioether (sulfide) groups is 1. The van der Waals surface area contributed by atoms with Crippen LogP contribution in [0.3, 0.4) is 0 Å². The average Bonchev–Trinajstić information content (AvgIpc) is 2.77. The smallest absolute Gasteiger partial charge is 0.181 e. The van der Waals surface area contributed by atoms with Gasteiger partial charge in [-0.3, -0.25) is 0 Å². The molecule has 0 saturated heterocycles. The highest BCUT2D eigenvalue weighted by Crippen LogP contribution is 2.26. The summed E-state index contributed by atoms with van der Waals surface area (Å²) >= 11 is 3.30. The Kier molecular flexibility index (Phi) is 3.05. The van der Waals surface area contributed by atoms with Crippen LogP contribution in [0.5, 0.6) is 0 Å². The van der Waals surface area contributed by atoms with Crippen molar-refractivity contribution in [3.05, 3.63) is 24.9 Å². The molecular weight excluding hydrogens is 216 g/mol. The van der Waals surface area contributed by atoms with Crippen LogP contribution in [0.1, 0.15) is 0 Å². The predicted octanol–water partition coefficient (Wildman–Crippen LogP) is 1.71. The molecule has 0 aliphatic heterocycles. The number of rotatable bonds is 4. The summed E-state index contributed by atoms with van der Waals surface area (Å²) in [5.74, 6) is 1.01. The van der Waals surface area contributed by atoms with Gasteiger partial charge >= 0.3 is 0 Å². The van der Waals surface area contributed by atoms with E-state index in [4.69, 9.17) is 5.73 Å². The Morgan fingerprint density at radius 3 is 3.14 bits per heavy atom. The lowest BCUT2D eigenvalue weighted by Crippen LogP contribution is -1.95. The number of aromatic nitrogens is 3. The number of imidazole rings is 1. The van der Waals surface area contributed by atoms with Gasteiger partial charge in [0.1, 0.15) is 0 Å². The van der Waals surface area contributed by atoms with Gasteiger partial charge in [-0.1, -0.05) is 11.3 Å². The molecule has 0 atom stereocenters. The summed E-state index contributed by atoms with van der Waals surface area (Å²) < 4.78 is 3.22. The van der Waals surface area contributed by atoms with E-state index in [2.05, 4.69) is 14.5 Å².